The van der Waals surface area contributed by atoms with Crippen LogP contribution < -0.4 is 16.2 Å². The first kappa shape index (κ1) is 16.0. The third-order valence-electron chi connectivity index (χ3n) is 4.48. The van der Waals surface area contributed by atoms with Crippen molar-refractivity contribution < 1.29 is 4.74 Å². The number of fused-ring (bicyclic) bond motifs is 3. The fourth-order valence-corrected chi connectivity index (χ4v) is 3.36. The molecule has 0 radical (unpaired) electrons. The Morgan fingerprint density at radius 2 is 2.26 bits per heavy atom. The van der Waals surface area contributed by atoms with E-state index in [0.29, 0.717) is 6.73 Å². The summed E-state index contributed by atoms with van der Waals surface area (Å²) in [7, 11) is 3.60. The number of aryl methyl sites for hydroxylation is 1. The molecule has 23 heavy (non-hydrogen) atoms. The van der Waals surface area contributed by atoms with Crippen LogP contribution in [0.5, 0.6) is 0 Å². The van der Waals surface area contributed by atoms with Gasteiger partial charge in [0.25, 0.3) is 5.56 Å². The average Bonchev–Trinajstić information content (AvgIpc) is 2.59. The molecule has 0 aliphatic carbocycles. The smallest absolute Gasteiger partial charge is 0.258 e. The van der Waals surface area contributed by atoms with Gasteiger partial charge in [0, 0.05) is 24.6 Å². The van der Waals surface area contributed by atoms with Crippen molar-refractivity contribution in [2.24, 2.45) is 0 Å². The first-order valence-electron chi connectivity index (χ1n) is 8.32. The molecule has 3 rings (SSSR count). The van der Waals surface area contributed by atoms with E-state index in [2.05, 4.69) is 28.8 Å². The fourth-order valence-electron chi connectivity index (χ4n) is 3.36. The molecule has 1 aliphatic heterocycles. The van der Waals surface area contributed by atoms with Gasteiger partial charge in [-0.1, -0.05) is 6.07 Å². The number of ether oxygens (including phenoxy) is 1. The molecule has 0 saturated carbocycles. The molecule has 2 N–H and O–H groups in total. The summed E-state index contributed by atoms with van der Waals surface area (Å²) in [6.45, 7) is 2.24. The van der Waals surface area contributed by atoms with Gasteiger partial charge in [0.1, 0.15) is 6.73 Å². The molecule has 1 aromatic heterocycles. The lowest BCUT2D eigenvalue weighted by Gasteiger charge is -2.22. The highest BCUT2D eigenvalue weighted by Crippen LogP contribution is 2.29. The van der Waals surface area contributed by atoms with E-state index in [1.165, 1.54) is 5.56 Å². The van der Waals surface area contributed by atoms with Crippen LogP contribution in [0.4, 0.5) is 5.69 Å². The van der Waals surface area contributed by atoms with E-state index in [0.717, 1.165) is 60.9 Å². The SMILES string of the molecule is CNCCCc1ccc2c(c1)c1c(c(=O)n2COC)CCCN1. The van der Waals surface area contributed by atoms with E-state index in [1.54, 1.807) is 11.7 Å². The topological polar surface area (TPSA) is 55.3 Å². The van der Waals surface area contributed by atoms with Gasteiger partial charge in [-0.3, -0.25) is 9.36 Å². The maximum Gasteiger partial charge on any atom is 0.258 e. The summed E-state index contributed by atoms with van der Waals surface area (Å²) in [5.41, 5.74) is 4.25. The van der Waals surface area contributed by atoms with Gasteiger partial charge in [-0.15, -0.1) is 0 Å². The van der Waals surface area contributed by atoms with Crippen LogP contribution in [-0.4, -0.2) is 31.8 Å². The highest BCUT2D eigenvalue weighted by atomic mass is 16.5. The van der Waals surface area contributed by atoms with Crippen molar-refractivity contribution in [3.05, 3.63) is 39.7 Å². The Labute approximate surface area is 136 Å². The largest absolute Gasteiger partial charge is 0.384 e. The molecule has 0 atom stereocenters. The molecule has 0 amide bonds. The van der Waals surface area contributed by atoms with Crippen LogP contribution in [0.2, 0.25) is 0 Å². The average molecular weight is 315 g/mol. The molecule has 5 nitrogen and oxygen atoms in total. The number of pyridine rings is 1. The molecule has 0 bridgehead atoms. The van der Waals surface area contributed by atoms with Crippen LogP contribution in [0.3, 0.4) is 0 Å². The lowest BCUT2D eigenvalue weighted by Crippen LogP contribution is -2.29. The maximum absolute atomic E-state index is 12.7. The number of nitrogens with one attached hydrogen (secondary N) is 2. The minimum atomic E-state index is 0.0736. The zero-order valence-corrected chi connectivity index (χ0v) is 13.9. The number of rotatable bonds is 6. The first-order chi connectivity index (χ1) is 11.3. The fraction of sp³-hybridized carbons (Fsp3) is 0.500. The molecule has 0 spiro atoms. The third kappa shape index (κ3) is 3.12. The summed E-state index contributed by atoms with van der Waals surface area (Å²) in [5, 5.41) is 7.77. The maximum atomic E-state index is 12.7. The van der Waals surface area contributed by atoms with E-state index >= 15 is 0 Å². The quantitative estimate of drug-likeness (QED) is 0.802. The third-order valence-corrected chi connectivity index (χ3v) is 4.48. The Hall–Kier alpha value is -1.85. The number of benzene rings is 1. The number of nitrogens with zero attached hydrogens (tertiary/aromatic N) is 1. The summed E-state index contributed by atoms with van der Waals surface area (Å²) < 4.78 is 7.00. The van der Waals surface area contributed by atoms with E-state index in [1.807, 2.05) is 7.05 Å². The van der Waals surface area contributed by atoms with Crippen molar-refractivity contribution in [2.45, 2.75) is 32.4 Å². The second kappa shape index (κ2) is 7.15. The van der Waals surface area contributed by atoms with E-state index < -0.39 is 0 Å². The van der Waals surface area contributed by atoms with Crippen molar-refractivity contribution in [1.82, 2.24) is 9.88 Å². The van der Waals surface area contributed by atoms with Crippen LogP contribution in [0.1, 0.15) is 24.0 Å². The van der Waals surface area contributed by atoms with E-state index in [-0.39, 0.29) is 5.56 Å². The van der Waals surface area contributed by atoms with Crippen molar-refractivity contribution >= 4 is 16.6 Å². The van der Waals surface area contributed by atoms with Gasteiger partial charge in [0.05, 0.1) is 11.2 Å². The van der Waals surface area contributed by atoms with Crippen LogP contribution in [0.25, 0.3) is 10.9 Å². The van der Waals surface area contributed by atoms with Crippen molar-refractivity contribution in [3.8, 4) is 0 Å². The number of hydrogen-bond donors (Lipinski definition) is 2. The predicted molar refractivity (Wildman–Crippen MR) is 94.3 cm³/mol. The molecular formula is C18H25N3O2. The van der Waals surface area contributed by atoms with E-state index in [9.17, 15) is 4.79 Å². The summed E-state index contributed by atoms with van der Waals surface area (Å²) >= 11 is 0. The molecule has 2 heterocycles. The predicted octanol–water partition coefficient (Wildman–Crippen LogP) is 2.12. The van der Waals surface area contributed by atoms with Gasteiger partial charge in [-0.05, 0) is 57.0 Å². The standard InChI is InChI=1S/C18H25N3O2/c1-19-9-3-5-13-7-8-16-15(11-13)17-14(6-4-10-20-17)18(22)21(16)12-23-2/h7-8,11,19-20H,3-6,9-10,12H2,1-2H3. The monoisotopic (exact) mass is 315 g/mol. The normalized spacial score (nSPS) is 13.8. The minimum Gasteiger partial charge on any atom is -0.384 e. The molecule has 0 unspecified atom stereocenters. The highest BCUT2D eigenvalue weighted by molar-refractivity contribution is 5.94. The Balaban J connectivity index is 2.13. The number of aromatic nitrogens is 1. The number of anilines is 1. The first-order valence-corrected chi connectivity index (χ1v) is 8.32. The zero-order chi connectivity index (χ0) is 16.2. The number of methoxy groups -OCH3 is 1. The molecule has 1 aromatic carbocycles. The van der Waals surface area contributed by atoms with E-state index in [4.69, 9.17) is 4.74 Å². The zero-order valence-electron chi connectivity index (χ0n) is 13.9. The Kier molecular flexibility index (Phi) is 4.98. The van der Waals surface area contributed by atoms with Crippen molar-refractivity contribution in [1.29, 1.82) is 0 Å². The molecule has 2 aromatic rings. The second-order valence-electron chi connectivity index (χ2n) is 6.09. The summed E-state index contributed by atoms with van der Waals surface area (Å²) in [4.78, 5) is 12.7. The summed E-state index contributed by atoms with van der Waals surface area (Å²) in [6.07, 6.45) is 3.98. The van der Waals surface area contributed by atoms with Gasteiger partial charge in [0.2, 0.25) is 0 Å². The molecule has 5 heteroatoms. The second-order valence-corrected chi connectivity index (χ2v) is 6.09. The molecule has 1 aliphatic rings. The molecule has 0 fully saturated rings. The minimum absolute atomic E-state index is 0.0736. The van der Waals surface area contributed by atoms with Gasteiger partial charge in [0.15, 0.2) is 0 Å². The van der Waals surface area contributed by atoms with Crippen LogP contribution in [0.15, 0.2) is 23.0 Å². The van der Waals surface area contributed by atoms with Gasteiger partial charge in [-0.2, -0.15) is 0 Å². The highest BCUT2D eigenvalue weighted by Gasteiger charge is 2.19. The summed E-state index contributed by atoms with van der Waals surface area (Å²) in [6, 6.07) is 6.41. The van der Waals surface area contributed by atoms with Crippen LogP contribution >= 0.6 is 0 Å². The van der Waals surface area contributed by atoms with Crippen LogP contribution in [-0.2, 0) is 24.3 Å². The van der Waals surface area contributed by atoms with Gasteiger partial charge >= 0.3 is 0 Å². The Bertz CT molecular complexity index is 752. The molecule has 124 valence electrons. The Morgan fingerprint density at radius 1 is 1.39 bits per heavy atom. The molecular weight excluding hydrogens is 290 g/mol. The summed E-state index contributed by atoms with van der Waals surface area (Å²) in [5.74, 6) is 0. The van der Waals surface area contributed by atoms with Crippen molar-refractivity contribution in [3.63, 3.8) is 0 Å². The Morgan fingerprint density at radius 3 is 3.04 bits per heavy atom. The molecule has 0 saturated heterocycles. The lowest BCUT2D eigenvalue weighted by atomic mass is 9.98. The number of hydrogen-bond acceptors (Lipinski definition) is 4. The van der Waals surface area contributed by atoms with Crippen molar-refractivity contribution in [2.75, 3.05) is 32.6 Å². The lowest BCUT2D eigenvalue weighted by molar-refractivity contribution is 0.131. The van der Waals surface area contributed by atoms with Crippen LogP contribution in [0, 0.1) is 0 Å². The van der Waals surface area contributed by atoms with Gasteiger partial charge in [-0.25, -0.2) is 0 Å². The van der Waals surface area contributed by atoms with Gasteiger partial charge < -0.3 is 15.4 Å².